The van der Waals surface area contributed by atoms with Gasteiger partial charge in [-0.2, -0.15) is 10.1 Å². The van der Waals surface area contributed by atoms with E-state index in [2.05, 4.69) is 20.6 Å². The van der Waals surface area contributed by atoms with Crippen LogP contribution >= 0.6 is 0 Å². The van der Waals surface area contributed by atoms with Crippen LogP contribution in [0.5, 0.6) is 5.75 Å². The van der Waals surface area contributed by atoms with Gasteiger partial charge in [0.25, 0.3) is 5.91 Å². The molecule has 0 saturated heterocycles. The fraction of sp³-hybridized carbons (Fsp3) is 0.250. The van der Waals surface area contributed by atoms with Gasteiger partial charge in [-0.1, -0.05) is 23.4 Å². The van der Waals surface area contributed by atoms with Gasteiger partial charge in [0.2, 0.25) is 5.89 Å². The van der Waals surface area contributed by atoms with Gasteiger partial charge in [-0.15, -0.1) is 0 Å². The molecule has 8 nitrogen and oxygen atoms in total. The second-order valence-electron chi connectivity index (χ2n) is 5.22. The van der Waals surface area contributed by atoms with Crippen LogP contribution in [0.25, 0.3) is 0 Å². The second-order valence-corrected chi connectivity index (χ2v) is 5.22. The van der Waals surface area contributed by atoms with E-state index >= 15 is 0 Å². The molecule has 2 heterocycles. The van der Waals surface area contributed by atoms with Gasteiger partial charge in [0.15, 0.2) is 5.82 Å². The minimum Gasteiger partial charge on any atom is -0.496 e. The molecule has 0 aliphatic carbocycles. The van der Waals surface area contributed by atoms with Crippen LogP contribution in [0.2, 0.25) is 0 Å². The Kier molecular flexibility index (Phi) is 4.28. The molecule has 1 aromatic carbocycles. The summed E-state index contributed by atoms with van der Waals surface area (Å²) in [6.45, 7) is 1.69. The summed E-state index contributed by atoms with van der Waals surface area (Å²) in [7, 11) is 3.32. The van der Waals surface area contributed by atoms with Crippen molar-refractivity contribution in [2.45, 2.75) is 13.0 Å². The molecule has 3 rings (SSSR count). The SMILES string of the molecule is COc1ccccc1[C@H](NC(=O)c1cnn(C)c1)c1noc(C)n1. The molecule has 0 spiro atoms. The Morgan fingerprint density at radius 2 is 2.17 bits per heavy atom. The zero-order valence-corrected chi connectivity index (χ0v) is 13.6. The van der Waals surface area contributed by atoms with Crippen molar-refractivity contribution in [2.24, 2.45) is 7.05 Å². The molecule has 0 aliphatic heterocycles. The highest BCUT2D eigenvalue weighted by Gasteiger charge is 2.25. The number of benzene rings is 1. The number of methoxy groups -OCH3 is 1. The highest BCUT2D eigenvalue weighted by atomic mass is 16.5. The van der Waals surface area contributed by atoms with Gasteiger partial charge < -0.3 is 14.6 Å². The standard InChI is InChI=1S/C16H17N5O3/c1-10-18-15(20-24-10)14(12-6-4-5-7-13(12)23-3)19-16(22)11-8-17-21(2)9-11/h4-9,14H,1-3H3,(H,19,22)/t14-/m0/s1. The van der Waals surface area contributed by atoms with Gasteiger partial charge >= 0.3 is 0 Å². The van der Waals surface area contributed by atoms with E-state index in [0.717, 1.165) is 5.56 Å². The lowest BCUT2D eigenvalue weighted by atomic mass is 10.0. The molecule has 8 heteroatoms. The van der Waals surface area contributed by atoms with Gasteiger partial charge in [0.1, 0.15) is 11.8 Å². The quantitative estimate of drug-likeness (QED) is 0.765. The van der Waals surface area contributed by atoms with E-state index in [4.69, 9.17) is 9.26 Å². The Labute approximate surface area is 138 Å². The van der Waals surface area contributed by atoms with Crippen molar-refractivity contribution in [3.8, 4) is 5.75 Å². The fourth-order valence-electron chi connectivity index (χ4n) is 2.37. The van der Waals surface area contributed by atoms with E-state index in [0.29, 0.717) is 23.0 Å². The highest BCUT2D eigenvalue weighted by molar-refractivity contribution is 5.94. The van der Waals surface area contributed by atoms with Crippen LogP contribution in [-0.4, -0.2) is 32.9 Å². The largest absolute Gasteiger partial charge is 0.496 e. The number of nitrogens with one attached hydrogen (secondary N) is 1. The first-order chi connectivity index (χ1) is 11.6. The van der Waals surface area contributed by atoms with Crippen LogP contribution < -0.4 is 10.1 Å². The van der Waals surface area contributed by atoms with Crippen LogP contribution in [-0.2, 0) is 7.05 Å². The Morgan fingerprint density at radius 1 is 1.38 bits per heavy atom. The molecule has 0 radical (unpaired) electrons. The van der Waals surface area contributed by atoms with Gasteiger partial charge in [0.05, 0.1) is 18.9 Å². The van der Waals surface area contributed by atoms with Crippen LogP contribution in [0.4, 0.5) is 0 Å². The summed E-state index contributed by atoms with van der Waals surface area (Å²) in [5.41, 5.74) is 1.18. The molecular weight excluding hydrogens is 310 g/mol. The monoisotopic (exact) mass is 327 g/mol. The fourth-order valence-corrected chi connectivity index (χ4v) is 2.37. The summed E-state index contributed by atoms with van der Waals surface area (Å²) in [5.74, 6) is 1.10. The molecule has 1 amide bonds. The predicted octanol–water partition coefficient (Wildman–Crippen LogP) is 1.64. The predicted molar refractivity (Wildman–Crippen MR) is 84.5 cm³/mol. The third-order valence-corrected chi connectivity index (χ3v) is 3.49. The Morgan fingerprint density at radius 3 is 2.79 bits per heavy atom. The average Bonchev–Trinajstić information content (AvgIpc) is 3.21. The molecular formula is C16H17N5O3. The van der Waals surface area contributed by atoms with Crippen molar-refractivity contribution < 1.29 is 14.1 Å². The molecule has 0 unspecified atom stereocenters. The van der Waals surface area contributed by atoms with E-state index in [-0.39, 0.29) is 5.91 Å². The number of carbonyl (C=O) groups is 1. The Hall–Kier alpha value is -3.16. The maximum atomic E-state index is 12.5. The van der Waals surface area contributed by atoms with Crippen LogP contribution in [0.1, 0.15) is 33.7 Å². The molecule has 0 bridgehead atoms. The molecule has 2 aromatic heterocycles. The highest BCUT2D eigenvalue weighted by Crippen LogP contribution is 2.28. The lowest BCUT2D eigenvalue weighted by Gasteiger charge is -2.18. The smallest absolute Gasteiger partial charge is 0.255 e. The number of amides is 1. The number of aryl methyl sites for hydroxylation is 2. The normalized spacial score (nSPS) is 12.0. The maximum absolute atomic E-state index is 12.5. The van der Waals surface area contributed by atoms with Gasteiger partial charge in [-0.05, 0) is 6.07 Å². The summed E-state index contributed by atoms with van der Waals surface area (Å²) >= 11 is 0. The first-order valence-corrected chi connectivity index (χ1v) is 7.31. The van der Waals surface area contributed by atoms with Crippen LogP contribution in [0, 0.1) is 6.92 Å². The third kappa shape index (κ3) is 3.12. The van der Waals surface area contributed by atoms with E-state index in [1.54, 1.807) is 32.0 Å². The van der Waals surface area contributed by atoms with Crippen molar-refractivity contribution in [3.63, 3.8) is 0 Å². The molecule has 0 fully saturated rings. The molecule has 3 aromatic rings. The minimum atomic E-state index is -0.605. The summed E-state index contributed by atoms with van der Waals surface area (Å²) < 4.78 is 12.0. The summed E-state index contributed by atoms with van der Waals surface area (Å²) in [6.07, 6.45) is 3.13. The second kappa shape index (κ2) is 6.53. The number of nitrogens with zero attached hydrogens (tertiary/aromatic N) is 4. The topological polar surface area (TPSA) is 95.1 Å². The number of aromatic nitrogens is 4. The molecule has 124 valence electrons. The lowest BCUT2D eigenvalue weighted by Crippen LogP contribution is -2.30. The van der Waals surface area contributed by atoms with Gasteiger partial charge in [-0.25, -0.2) is 0 Å². The summed E-state index contributed by atoms with van der Waals surface area (Å²) in [5, 5.41) is 10.9. The van der Waals surface area contributed by atoms with Gasteiger partial charge in [-0.3, -0.25) is 9.48 Å². The zero-order chi connectivity index (χ0) is 17.1. The molecule has 24 heavy (non-hydrogen) atoms. The van der Waals surface area contributed by atoms with E-state index in [1.165, 1.54) is 6.20 Å². The van der Waals surface area contributed by atoms with Crippen molar-refractivity contribution in [2.75, 3.05) is 7.11 Å². The number of carbonyl (C=O) groups excluding carboxylic acids is 1. The van der Waals surface area contributed by atoms with Gasteiger partial charge in [0, 0.05) is 25.7 Å². The number of ether oxygens (including phenoxy) is 1. The average molecular weight is 327 g/mol. The van der Waals surface area contributed by atoms with E-state index < -0.39 is 6.04 Å². The molecule has 1 N–H and O–H groups in total. The van der Waals surface area contributed by atoms with Crippen LogP contribution in [0.15, 0.2) is 41.2 Å². The molecule has 1 atom stereocenters. The summed E-state index contributed by atoms with van der Waals surface area (Å²) in [6, 6.07) is 6.76. The van der Waals surface area contributed by atoms with Crippen molar-refractivity contribution in [1.29, 1.82) is 0 Å². The first-order valence-electron chi connectivity index (χ1n) is 7.31. The van der Waals surface area contributed by atoms with Crippen LogP contribution in [0.3, 0.4) is 0 Å². The number of rotatable bonds is 5. The number of hydrogen-bond acceptors (Lipinski definition) is 6. The van der Waals surface area contributed by atoms with E-state index in [9.17, 15) is 4.79 Å². The first kappa shape index (κ1) is 15.7. The third-order valence-electron chi connectivity index (χ3n) is 3.49. The van der Waals surface area contributed by atoms with E-state index in [1.807, 2.05) is 24.3 Å². The van der Waals surface area contributed by atoms with Crippen molar-refractivity contribution in [1.82, 2.24) is 25.2 Å². The lowest BCUT2D eigenvalue weighted by molar-refractivity contribution is 0.0940. The molecule has 0 saturated carbocycles. The number of hydrogen-bond donors (Lipinski definition) is 1. The zero-order valence-electron chi connectivity index (χ0n) is 13.6. The summed E-state index contributed by atoms with van der Waals surface area (Å²) in [4.78, 5) is 16.8. The minimum absolute atomic E-state index is 0.290. The maximum Gasteiger partial charge on any atom is 0.255 e. The van der Waals surface area contributed by atoms with Crippen molar-refractivity contribution in [3.05, 3.63) is 59.5 Å². The number of para-hydroxylation sites is 1. The Bertz CT molecular complexity index is 855. The molecule has 0 aliphatic rings. The van der Waals surface area contributed by atoms with Crippen molar-refractivity contribution >= 4 is 5.91 Å². The Balaban J connectivity index is 1.98.